The number of anilines is 1. The van der Waals surface area contributed by atoms with Gasteiger partial charge in [0.2, 0.25) is 0 Å². The number of ether oxygens (including phenoxy) is 1. The summed E-state index contributed by atoms with van der Waals surface area (Å²) < 4.78 is 10.5. The fraction of sp³-hybridized carbons (Fsp3) is 0.0556. The molecule has 0 radical (unpaired) electrons. The maximum atomic E-state index is 12.4. The van der Waals surface area contributed by atoms with Crippen LogP contribution >= 0.6 is 23.2 Å². The minimum atomic E-state index is -0.619. The third kappa shape index (κ3) is 2.64. The lowest BCUT2D eigenvalue weighted by molar-refractivity contribution is 0.414. The van der Waals surface area contributed by atoms with Gasteiger partial charge in [-0.1, -0.05) is 23.2 Å². The summed E-state index contributed by atoms with van der Waals surface area (Å²) in [5.41, 5.74) is 6.68. The molecule has 0 bridgehead atoms. The second-order valence-electron chi connectivity index (χ2n) is 5.53. The van der Waals surface area contributed by atoms with Crippen LogP contribution < -0.4 is 16.1 Å². The van der Waals surface area contributed by atoms with Crippen molar-refractivity contribution in [3.05, 3.63) is 56.9 Å². The van der Waals surface area contributed by atoms with Crippen molar-refractivity contribution in [2.75, 3.05) is 12.8 Å². The highest BCUT2D eigenvalue weighted by atomic mass is 35.5. The maximum absolute atomic E-state index is 12.4. The van der Waals surface area contributed by atoms with Crippen LogP contribution in [0.4, 0.5) is 5.82 Å². The summed E-state index contributed by atoms with van der Waals surface area (Å²) in [5.74, 6) is 0.866. The summed E-state index contributed by atoms with van der Waals surface area (Å²) in [5, 5.41) is 1.60. The third-order valence-electron chi connectivity index (χ3n) is 3.96. The first-order valence-electron chi connectivity index (χ1n) is 7.51. The van der Waals surface area contributed by atoms with Gasteiger partial charge in [-0.3, -0.25) is 0 Å². The van der Waals surface area contributed by atoms with E-state index in [1.807, 2.05) is 0 Å². The van der Waals surface area contributed by atoms with Gasteiger partial charge in [-0.25, -0.2) is 14.8 Å². The van der Waals surface area contributed by atoms with Crippen molar-refractivity contribution in [2.24, 2.45) is 0 Å². The molecule has 2 N–H and O–H groups in total. The fourth-order valence-corrected chi connectivity index (χ4v) is 3.22. The molecule has 0 amide bonds. The number of nitrogen functional groups attached to an aromatic ring is 1. The highest BCUT2D eigenvalue weighted by Gasteiger charge is 2.17. The van der Waals surface area contributed by atoms with Crippen LogP contribution in [0, 0.1) is 0 Å². The average molecular weight is 388 g/mol. The highest BCUT2D eigenvalue weighted by Crippen LogP contribution is 2.32. The van der Waals surface area contributed by atoms with Gasteiger partial charge in [0, 0.05) is 22.0 Å². The molecule has 0 aliphatic heterocycles. The number of rotatable bonds is 2. The average Bonchev–Trinajstić information content (AvgIpc) is 2.60. The van der Waals surface area contributed by atoms with Gasteiger partial charge in [0.1, 0.15) is 22.5 Å². The van der Waals surface area contributed by atoms with E-state index in [0.717, 1.165) is 0 Å². The standard InChI is InChI=1S/C18H11Cl2N3O3/c1-25-9-3-5-11-13(7-9)26-18(24)14-15(11)22-17(23-16(14)21)10-4-2-8(19)6-12(10)20/h2-7H,1H3,(H2,21,22,23). The van der Waals surface area contributed by atoms with Crippen LogP contribution in [0.5, 0.6) is 5.75 Å². The summed E-state index contributed by atoms with van der Waals surface area (Å²) in [4.78, 5) is 21.1. The van der Waals surface area contributed by atoms with E-state index in [9.17, 15) is 4.79 Å². The Bertz CT molecular complexity index is 1240. The molecule has 26 heavy (non-hydrogen) atoms. The van der Waals surface area contributed by atoms with Crippen molar-refractivity contribution in [1.29, 1.82) is 0 Å². The summed E-state index contributed by atoms with van der Waals surface area (Å²) in [7, 11) is 1.53. The molecule has 2 aromatic carbocycles. The Labute approximate surface area is 157 Å². The number of hydrogen-bond donors (Lipinski definition) is 1. The summed E-state index contributed by atoms with van der Waals surface area (Å²) >= 11 is 12.2. The smallest absolute Gasteiger partial charge is 0.349 e. The van der Waals surface area contributed by atoms with Crippen LogP contribution in [0.15, 0.2) is 45.6 Å². The van der Waals surface area contributed by atoms with E-state index in [4.69, 9.17) is 38.1 Å². The zero-order chi connectivity index (χ0) is 18.4. The molecule has 0 unspecified atom stereocenters. The minimum Gasteiger partial charge on any atom is -0.497 e. The van der Waals surface area contributed by atoms with Gasteiger partial charge in [-0.05, 0) is 30.3 Å². The van der Waals surface area contributed by atoms with E-state index in [2.05, 4.69) is 9.97 Å². The van der Waals surface area contributed by atoms with Crippen LogP contribution in [0.25, 0.3) is 33.3 Å². The number of aromatic nitrogens is 2. The van der Waals surface area contributed by atoms with Crippen LogP contribution in [0.3, 0.4) is 0 Å². The Morgan fingerprint density at radius 2 is 1.92 bits per heavy atom. The summed E-state index contributed by atoms with van der Waals surface area (Å²) in [6.45, 7) is 0. The van der Waals surface area contributed by atoms with Crippen molar-refractivity contribution < 1.29 is 9.15 Å². The zero-order valence-corrected chi connectivity index (χ0v) is 14.9. The topological polar surface area (TPSA) is 91.2 Å². The molecule has 4 aromatic rings. The van der Waals surface area contributed by atoms with Crippen LogP contribution in [-0.4, -0.2) is 17.1 Å². The molecule has 0 saturated carbocycles. The van der Waals surface area contributed by atoms with Crippen molar-refractivity contribution in [3.63, 3.8) is 0 Å². The van der Waals surface area contributed by atoms with Gasteiger partial charge in [-0.2, -0.15) is 0 Å². The molecule has 8 heteroatoms. The van der Waals surface area contributed by atoms with E-state index < -0.39 is 5.63 Å². The number of halogens is 2. The van der Waals surface area contributed by atoms with Gasteiger partial charge >= 0.3 is 5.63 Å². The lowest BCUT2D eigenvalue weighted by atomic mass is 10.1. The molecule has 4 rings (SSSR count). The van der Waals surface area contributed by atoms with Gasteiger partial charge in [0.25, 0.3) is 0 Å². The predicted octanol–water partition coefficient (Wildman–Crippen LogP) is 4.30. The molecule has 6 nitrogen and oxygen atoms in total. The number of nitrogens with zero attached hydrogens (tertiary/aromatic N) is 2. The second kappa shape index (κ2) is 6.16. The second-order valence-corrected chi connectivity index (χ2v) is 6.38. The van der Waals surface area contributed by atoms with E-state index in [-0.39, 0.29) is 11.2 Å². The minimum absolute atomic E-state index is 0.0162. The van der Waals surface area contributed by atoms with Crippen LogP contribution in [0.1, 0.15) is 0 Å². The highest BCUT2D eigenvalue weighted by molar-refractivity contribution is 6.36. The lowest BCUT2D eigenvalue weighted by Gasteiger charge is -2.09. The van der Waals surface area contributed by atoms with E-state index >= 15 is 0 Å². The predicted molar refractivity (Wildman–Crippen MR) is 102 cm³/mol. The van der Waals surface area contributed by atoms with Crippen molar-refractivity contribution >= 4 is 50.9 Å². The molecule has 0 atom stereocenters. The Morgan fingerprint density at radius 1 is 1.12 bits per heavy atom. The van der Waals surface area contributed by atoms with Gasteiger partial charge < -0.3 is 14.9 Å². The molecule has 0 aliphatic rings. The molecule has 130 valence electrons. The number of nitrogens with two attached hydrogens (primary N) is 1. The molecule has 0 spiro atoms. The van der Waals surface area contributed by atoms with E-state index in [1.54, 1.807) is 36.4 Å². The van der Waals surface area contributed by atoms with Crippen molar-refractivity contribution in [3.8, 4) is 17.1 Å². The summed E-state index contributed by atoms with van der Waals surface area (Å²) in [6, 6.07) is 10.1. The number of benzene rings is 2. The van der Waals surface area contributed by atoms with Crippen LogP contribution in [0.2, 0.25) is 10.0 Å². The Balaban J connectivity index is 2.09. The summed E-state index contributed by atoms with van der Waals surface area (Å²) in [6.07, 6.45) is 0. The molecular weight excluding hydrogens is 377 g/mol. The van der Waals surface area contributed by atoms with E-state index in [0.29, 0.717) is 43.7 Å². The number of fused-ring (bicyclic) bond motifs is 3. The van der Waals surface area contributed by atoms with Gasteiger partial charge in [0.05, 0.1) is 17.6 Å². The first-order valence-corrected chi connectivity index (χ1v) is 8.27. The Kier molecular flexibility index (Phi) is 3.94. The Morgan fingerprint density at radius 3 is 2.65 bits per heavy atom. The molecule has 0 aliphatic carbocycles. The molecule has 2 heterocycles. The molecule has 2 aromatic heterocycles. The normalized spacial score (nSPS) is 11.2. The number of methoxy groups -OCH3 is 1. The third-order valence-corrected chi connectivity index (χ3v) is 4.51. The van der Waals surface area contributed by atoms with Gasteiger partial charge in [-0.15, -0.1) is 0 Å². The lowest BCUT2D eigenvalue weighted by Crippen LogP contribution is -2.08. The zero-order valence-electron chi connectivity index (χ0n) is 13.4. The Hall–Kier alpha value is -2.83. The monoisotopic (exact) mass is 387 g/mol. The van der Waals surface area contributed by atoms with Crippen LogP contribution in [-0.2, 0) is 0 Å². The fourth-order valence-electron chi connectivity index (χ4n) is 2.73. The first kappa shape index (κ1) is 16.6. The van der Waals surface area contributed by atoms with Gasteiger partial charge in [0.15, 0.2) is 5.82 Å². The van der Waals surface area contributed by atoms with E-state index in [1.165, 1.54) is 7.11 Å². The quantitative estimate of drug-likeness (QED) is 0.407. The molecular formula is C18H11Cl2N3O3. The number of hydrogen-bond acceptors (Lipinski definition) is 6. The largest absolute Gasteiger partial charge is 0.497 e. The molecule has 0 saturated heterocycles. The maximum Gasteiger partial charge on any atom is 0.349 e. The van der Waals surface area contributed by atoms with Crippen molar-refractivity contribution in [2.45, 2.75) is 0 Å². The molecule has 0 fully saturated rings. The van der Waals surface area contributed by atoms with Crippen molar-refractivity contribution in [1.82, 2.24) is 9.97 Å². The SMILES string of the molecule is COc1ccc2c(c1)oc(=O)c1c(N)nc(-c3ccc(Cl)cc3Cl)nc12. The first-order chi connectivity index (χ1) is 12.5.